The van der Waals surface area contributed by atoms with Gasteiger partial charge in [0, 0.05) is 19.1 Å². The van der Waals surface area contributed by atoms with Crippen LogP contribution in [0.25, 0.3) is 0 Å². The molecule has 1 aromatic rings. The highest BCUT2D eigenvalue weighted by Crippen LogP contribution is 2.32. The Hall–Kier alpha value is -1.21. The first-order chi connectivity index (χ1) is 7.72. The van der Waals surface area contributed by atoms with Gasteiger partial charge in [-0.2, -0.15) is 0 Å². The van der Waals surface area contributed by atoms with Gasteiger partial charge in [-0.05, 0) is 30.6 Å². The summed E-state index contributed by atoms with van der Waals surface area (Å²) >= 11 is 1.13. The van der Waals surface area contributed by atoms with Gasteiger partial charge >= 0.3 is 5.00 Å². The van der Waals surface area contributed by atoms with Crippen LogP contribution in [0.15, 0.2) is 6.20 Å². The highest BCUT2D eigenvalue weighted by molar-refractivity contribution is 7.18. The fourth-order valence-corrected chi connectivity index (χ4v) is 2.80. The lowest BCUT2D eigenvalue weighted by Crippen LogP contribution is -2.44. The van der Waals surface area contributed by atoms with E-state index in [-0.39, 0.29) is 11.0 Å². The number of hydrogen-bond donors (Lipinski definition) is 1. The van der Waals surface area contributed by atoms with E-state index in [1.165, 1.54) is 12.6 Å². The Labute approximate surface area is 97.2 Å². The van der Waals surface area contributed by atoms with Crippen LogP contribution in [0.3, 0.4) is 0 Å². The molecule has 88 valence electrons. The maximum atomic E-state index is 10.6. The maximum Gasteiger partial charge on any atom is 0.345 e. The molecule has 6 nitrogen and oxygen atoms in total. The Morgan fingerprint density at radius 3 is 3.12 bits per heavy atom. The van der Waals surface area contributed by atoms with Crippen molar-refractivity contribution >= 4 is 21.5 Å². The molecule has 2 rings (SSSR count). The summed E-state index contributed by atoms with van der Waals surface area (Å²) in [6, 6.07) is 0.277. The summed E-state index contributed by atoms with van der Waals surface area (Å²) in [6.45, 7) is 1.47. The third kappa shape index (κ3) is 2.14. The molecule has 1 fully saturated rings. The van der Waals surface area contributed by atoms with Crippen LogP contribution < -0.4 is 10.6 Å². The molecular weight excluding hydrogens is 228 g/mol. The van der Waals surface area contributed by atoms with E-state index in [0.717, 1.165) is 35.9 Å². The van der Waals surface area contributed by atoms with E-state index < -0.39 is 4.92 Å². The highest BCUT2D eigenvalue weighted by Gasteiger charge is 2.25. The van der Waals surface area contributed by atoms with Crippen LogP contribution in [-0.2, 0) is 0 Å². The molecule has 1 aliphatic rings. The Balaban J connectivity index is 2.17. The molecule has 1 unspecified atom stereocenters. The lowest BCUT2D eigenvalue weighted by Gasteiger charge is -2.34. The largest absolute Gasteiger partial charge is 0.345 e. The smallest absolute Gasteiger partial charge is 0.344 e. The van der Waals surface area contributed by atoms with Crippen LogP contribution in [0.1, 0.15) is 19.3 Å². The average molecular weight is 242 g/mol. The monoisotopic (exact) mass is 242 g/mol. The highest BCUT2D eigenvalue weighted by atomic mass is 32.1. The minimum absolute atomic E-state index is 0.0938. The summed E-state index contributed by atoms with van der Waals surface area (Å²) in [5.74, 6) is 0. The van der Waals surface area contributed by atoms with Crippen LogP contribution in [0.5, 0.6) is 0 Å². The topological polar surface area (TPSA) is 85.3 Å². The second-order valence-corrected chi connectivity index (χ2v) is 4.80. The van der Waals surface area contributed by atoms with E-state index >= 15 is 0 Å². The zero-order valence-corrected chi connectivity index (χ0v) is 9.65. The van der Waals surface area contributed by atoms with Gasteiger partial charge in [-0.15, -0.1) is 0 Å². The first-order valence-corrected chi connectivity index (χ1v) is 6.11. The van der Waals surface area contributed by atoms with Crippen LogP contribution >= 0.6 is 11.3 Å². The number of hydrogen-bond acceptors (Lipinski definition) is 6. The molecule has 1 atom stereocenters. The van der Waals surface area contributed by atoms with E-state index in [9.17, 15) is 10.1 Å². The van der Waals surface area contributed by atoms with Crippen molar-refractivity contribution in [2.24, 2.45) is 5.73 Å². The Morgan fingerprint density at radius 2 is 2.50 bits per heavy atom. The average Bonchev–Trinajstić information content (AvgIpc) is 2.78. The molecular formula is C9H14N4O2S. The quantitative estimate of drug-likeness (QED) is 0.639. The third-order valence-corrected chi connectivity index (χ3v) is 3.79. The van der Waals surface area contributed by atoms with Crippen LogP contribution in [0, 0.1) is 10.1 Å². The van der Waals surface area contributed by atoms with Gasteiger partial charge < -0.3 is 10.6 Å². The molecule has 2 heterocycles. The summed E-state index contributed by atoms with van der Waals surface area (Å²) in [5, 5.41) is 11.4. The maximum absolute atomic E-state index is 10.6. The van der Waals surface area contributed by atoms with Crippen LogP contribution in [-0.4, -0.2) is 29.0 Å². The second-order valence-electron chi connectivity index (χ2n) is 3.82. The lowest BCUT2D eigenvalue weighted by molar-refractivity contribution is -0.380. The van der Waals surface area contributed by atoms with Crippen molar-refractivity contribution < 1.29 is 4.92 Å². The van der Waals surface area contributed by atoms with Gasteiger partial charge in [-0.25, -0.2) is 4.98 Å². The Morgan fingerprint density at radius 1 is 1.69 bits per heavy atom. The molecule has 1 aliphatic heterocycles. The molecule has 16 heavy (non-hydrogen) atoms. The fourth-order valence-electron chi connectivity index (χ4n) is 1.97. The number of piperidine rings is 1. The van der Waals surface area contributed by atoms with E-state index in [0.29, 0.717) is 6.54 Å². The molecule has 2 N–H and O–H groups in total. The summed E-state index contributed by atoms with van der Waals surface area (Å²) in [5.41, 5.74) is 5.70. The van der Waals surface area contributed by atoms with Gasteiger partial charge in [-0.3, -0.25) is 10.1 Å². The zero-order valence-electron chi connectivity index (χ0n) is 8.83. The van der Waals surface area contributed by atoms with Crippen molar-refractivity contribution in [3.8, 4) is 0 Å². The fraction of sp³-hybridized carbons (Fsp3) is 0.667. The van der Waals surface area contributed by atoms with Crippen molar-refractivity contribution in [1.82, 2.24) is 4.98 Å². The first kappa shape index (κ1) is 11.3. The number of rotatable bonds is 3. The Bertz CT molecular complexity index is 381. The van der Waals surface area contributed by atoms with Crippen LogP contribution in [0.2, 0.25) is 0 Å². The minimum atomic E-state index is -0.400. The number of aromatic nitrogens is 1. The summed E-state index contributed by atoms with van der Waals surface area (Å²) in [7, 11) is 0. The molecule has 0 radical (unpaired) electrons. The lowest BCUT2D eigenvalue weighted by atomic mass is 10.0. The zero-order chi connectivity index (χ0) is 11.5. The van der Waals surface area contributed by atoms with Crippen molar-refractivity contribution in [2.45, 2.75) is 25.3 Å². The van der Waals surface area contributed by atoms with E-state index in [1.807, 2.05) is 0 Å². The molecule has 7 heteroatoms. The summed E-state index contributed by atoms with van der Waals surface area (Å²) in [6.07, 6.45) is 4.64. The number of anilines is 1. The van der Waals surface area contributed by atoms with Crippen molar-refractivity contribution in [1.29, 1.82) is 0 Å². The van der Waals surface area contributed by atoms with Gasteiger partial charge in [0.2, 0.25) is 0 Å². The first-order valence-electron chi connectivity index (χ1n) is 5.29. The predicted octanol–water partition coefficient (Wildman–Crippen LogP) is 1.37. The van der Waals surface area contributed by atoms with E-state index in [4.69, 9.17) is 5.73 Å². The Kier molecular flexibility index (Phi) is 3.35. The van der Waals surface area contributed by atoms with Crippen molar-refractivity contribution in [3.63, 3.8) is 0 Å². The molecule has 0 bridgehead atoms. The molecule has 0 saturated carbocycles. The molecule has 0 aliphatic carbocycles. The standard InChI is InChI=1S/C9H14N4O2S/c10-5-7-3-1-2-4-12(7)9-11-6-8(16-9)13(14)15/h6-7H,1-5,10H2. The molecule has 1 aromatic heterocycles. The van der Waals surface area contributed by atoms with Gasteiger partial charge in [0.15, 0.2) is 5.13 Å². The molecule has 0 aromatic carbocycles. The van der Waals surface area contributed by atoms with Gasteiger partial charge in [-0.1, -0.05) is 0 Å². The van der Waals surface area contributed by atoms with E-state index in [1.54, 1.807) is 0 Å². The summed E-state index contributed by atoms with van der Waals surface area (Å²) in [4.78, 5) is 16.4. The van der Waals surface area contributed by atoms with Gasteiger partial charge in [0.1, 0.15) is 6.20 Å². The van der Waals surface area contributed by atoms with Crippen molar-refractivity contribution in [2.75, 3.05) is 18.0 Å². The summed E-state index contributed by atoms with van der Waals surface area (Å²) < 4.78 is 0. The molecule has 0 amide bonds. The number of thiazole rings is 1. The number of nitrogens with two attached hydrogens (primary N) is 1. The molecule has 0 spiro atoms. The van der Waals surface area contributed by atoms with Gasteiger partial charge in [0.05, 0.1) is 4.92 Å². The second kappa shape index (κ2) is 4.75. The third-order valence-electron chi connectivity index (χ3n) is 2.81. The van der Waals surface area contributed by atoms with Gasteiger partial charge in [0.25, 0.3) is 0 Å². The van der Waals surface area contributed by atoms with Crippen molar-refractivity contribution in [3.05, 3.63) is 16.3 Å². The van der Waals surface area contributed by atoms with Crippen LogP contribution in [0.4, 0.5) is 10.1 Å². The minimum Gasteiger partial charge on any atom is -0.344 e. The normalized spacial score (nSPS) is 21.1. The predicted molar refractivity (Wildman–Crippen MR) is 62.8 cm³/mol. The SMILES string of the molecule is NCC1CCCCN1c1ncc([N+](=O)[O-])s1. The van der Waals surface area contributed by atoms with E-state index in [2.05, 4.69) is 9.88 Å². The number of nitro groups is 1. The molecule has 1 saturated heterocycles. The number of nitrogens with zero attached hydrogens (tertiary/aromatic N) is 3.